The van der Waals surface area contributed by atoms with E-state index in [1.165, 1.54) is 0 Å². The molecule has 0 spiro atoms. The summed E-state index contributed by atoms with van der Waals surface area (Å²) in [6.45, 7) is -0.808. The molecule has 0 unspecified atom stereocenters. The van der Waals surface area contributed by atoms with Crippen LogP contribution in [0.3, 0.4) is 0 Å². The summed E-state index contributed by atoms with van der Waals surface area (Å²) in [4.78, 5) is 52.3. The summed E-state index contributed by atoms with van der Waals surface area (Å²) in [5.74, 6) is 0. The van der Waals surface area contributed by atoms with Gasteiger partial charge in [0.2, 0.25) is 0 Å². The van der Waals surface area contributed by atoms with Crippen molar-refractivity contribution in [1.29, 1.82) is 0 Å². The minimum Gasteiger partial charge on any atom is -0.445 e. The Morgan fingerprint density at radius 3 is 1.53 bits per heavy atom. The van der Waals surface area contributed by atoms with Crippen molar-refractivity contribution in [1.82, 2.24) is 21.3 Å². The number of aliphatic hydroxyl groups is 3. The van der Waals surface area contributed by atoms with Crippen LogP contribution < -0.4 is 27.0 Å². The van der Waals surface area contributed by atoms with Crippen molar-refractivity contribution in [2.45, 2.75) is 125 Å². The SMILES string of the molecule is N[C@@H]1C[C@H](NC(=O)OCc2ccccc2)[C@@H](O[C@H]2O[C@H](CNC(=O)OCc3ccccc3)C=C[C@H]2NC(=O)OCc2ccccc2)[C@H](O[C@@H]2O[C@H](CO)[C@@H](O[C@@H]3CC=C[C@H](CNC(=O)OCc4ccccc4)O3)[C@H]2O)[C@H]1O. The molecular weight excluding hydrogens is 1000 g/mol. The molecule has 1 saturated heterocycles. The minimum atomic E-state index is -1.63. The molecule has 4 amide bonds. The van der Waals surface area contributed by atoms with Crippen molar-refractivity contribution in [3.8, 4) is 0 Å². The van der Waals surface area contributed by atoms with Crippen LogP contribution >= 0.6 is 0 Å². The number of ether oxygens (including phenoxy) is 10. The van der Waals surface area contributed by atoms with E-state index >= 15 is 0 Å². The van der Waals surface area contributed by atoms with Crippen LogP contribution in [-0.2, 0) is 73.8 Å². The first-order valence-corrected chi connectivity index (χ1v) is 25.3. The average Bonchev–Trinajstić information content (AvgIpc) is 3.76. The highest BCUT2D eigenvalue weighted by atomic mass is 16.8. The molecule has 8 rings (SSSR count). The zero-order valence-electron chi connectivity index (χ0n) is 41.9. The number of aliphatic hydroxyl groups excluding tert-OH is 3. The Morgan fingerprint density at radius 1 is 0.532 bits per heavy atom. The van der Waals surface area contributed by atoms with E-state index in [0.29, 0.717) is 5.56 Å². The number of carbonyl (C=O) groups is 4. The quantitative estimate of drug-likeness (QED) is 0.0436. The van der Waals surface area contributed by atoms with Crippen molar-refractivity contribution in [2.75, 3.05) is 19.7 Å². The predicted octanol–water partition coefficient (Wildman–Crippen LogP) is 3.71. The summed E-state index contributed by atoms with van der Waals surface area (Å²) >= 11 is 0. The van der Waals surface area contributed by atoms with Gasteiger partial charge in [-0.15, -0.1) is 0 Å². The number of nitrogens with one attached hydrogen (secondary N) is 4. The fourth-order valence-electron chi connectivity index (χ4n) is 8.88. The van der Waals surface area contributed by atoms with Gasteiger partial charge in [0.15, 0.2) is 18.9 Å². The van der Waals surface area contributed by atoms with Gasteiger partial charge in [0, 0.05) is 12.5 Å². The van der Waals surface area contributed by atoms with Gasteiger partial charge in [-0.25, -0.2) is 19.2 Å². The third-order valence-electron chi connectivity index (χ3n) is 12.9. The molecule has 1 aliphatic carbocycles. The van der Waals surface area contributed by atoms with Gasteiger partial charge in [-0.1, -0.05) is 146 Å². The second kappa shape index (κ2) is 28.4. The Balaban J connectivity index is 0.975. The highest BCUT2D eigenvalue weighted by molar-refractivity contribution is 5.69. The van der Waals surface area contributed by atoms with E-state index in [0.717, 1.165) is 16.7 Å². The molecule has 77 heavy (non-hydrogen) atoms. The van der Waals surface area contributed by atoms with E-state index in [4.69, 9.17) is 53.1 Å². The van der Waals surface area contributed by atoms with Crippen molar-refractivity contribution in [3.05, 3.63) is 168 Å². The smallest absolute Gasteiger partial charge is 0.408 e. The van der Waals surface area contributed by atoms with Crippen LogP contribution in [0.1, 0.15) is 35.1 Å². The van der Waals surface area contributed by atoms with Crippen molar-refractivity contribution in [2.24, 2.45) is 5.73 Å². The molecule has 0 radical (unpaired) electrons. The van der Waals surface area contributed by atoms with Crippen LogP contribution in [0.15, 0.2) is 146 Å². The van der Waals surface area contributed by atoms with Gasteiger partial charge < -0.3 is 89.7 Å². The number of hydrogen-bond donors (Lipinski definition) is 8. The van der Waals surface area contributed by atoms with Gasteiger partial charge in [0.1, 0.15) is 63.0 Å². The number of nitrogens with two attached hydrogens (primary N) is 1. The highest BCUT2D eigenvalue weighted by Gasteiger charge is 2.53. The molecule has 1 saturated carbocycles. The van der Waals surface area contributed by atoms with Crippen molar-refractivity contribution in [3.63, 3.8) is 0 Å². The van der Waals surface area contributed by atoms with Gasteiger partial charge in [0.05, 0.1) is 44.1 Å². The first kappa shape index (κ1) is 56.2. The summed E-state index contributed by atoms with van der Waals surface area (Å²) in [5.41, 5.74) is 9.58. The van der Waals surface area contributed by atoms with E-state index in [1.807, 2.05) is 72.8 Å². The predicted molar refractivity (Wildman–Crippen MR) is 272 cm³/mol. The van der Waals surface area contributed by atoms with E-state index < -0.39 is 117 Å². The second-order valence-corrected chi connectivity index (χ2v) is 18.5. The third kappa shape index (κ3) is 16.8. The maximum absolute atomic E-state index is 13.6. The van der Waals surface area contributed by atoms with E-state index in [-0.39, 0.29) is 52.4 Å². The van der Waals surface area contributed by atoms with Crippen molar-refractivity contribution < 1.29 is 81.9 Å². The molecule has 4 aromatic rings. The summed E-state index contributed by atoms with van der Waals surface area (Å²) in [6.07, 6.45) is -10.4. The van der Waals surface area contributed by atoms with Crippen LogP contribution in [0, 0.1) is 0 Å². The molecule has 2 fully saturated rings. The summed E-state index contributed by atoms with van der Waals surface area (Å²) in [7, 11) is 0. The molecule has 3 aliphatic heterocycles. The number of amides is 4. The number of carbonyl (C=O) groups excluding carboxylic acids is 4. The lowest BCUT2D eigenvalue weighted by Gasteiger charge is -2.46. The molecule has 22 heteroatoms. The average molecular weight is 1070 g/mol. The molecule has 4 aromatic carbocycles. The van der Waals surface area contributed by atoms with Gasteiger partial charge >= 0.3 is 24.4 Å². The first-order valence-electron chi connectivity index (χ1n) is 25.3. The molecule has 0 aromatic heterocycles. The Kier molecular flexibility index (Phi) is 20.8. The summed E-state index contributed by atoms with van der Waals surface area (Å²) in [6, 6.07) is 33.0. The number of benzene rings is 4. The number of alkyl carbamates (subject to hydrolysis) is 4. The van der Waals surface area contributed by atoms with Gasteiger partial charge in [-0.05, 0) is 28.7 Å². The Labute approximate surface area is 444 Å². The number of rotatable bonds is 21. The highest BCUT2D eigenvalue weighted by Crippen LogP contribution is 2.34. The standard InChI is InChI=1S/C55H65N5O17/c56-40-26-42(60-55(67)71-33-37-20-11-4-12-21-37)47(76-50-41(59-54(66)70-32-36-18-9-3-10-19-36)25-24-39(73-50)28-58-53(65)69-31-35-16-7-2-8-17-35)49(45(40)62)77-51-46(63)48(43(29-61)74-51)75-44-23-13-22-38(72-44)27-57-52(64)68-30-34-14-5-1-6-15-34/h1-22,24-25,38-51,61-63H,23,26-33,56H2,(H,57,64)(H,58,65)(H,59,66)(H,60,67)/t38-,39+,40-,41-,42+,43-,44-,45+,46-,47-,48-,49-,50-,51+/m1/s1. The molecule has 4 aliphatic rings. The lowest BCUT2D eigenvalue weighted by Crippen LogP contribution is -2.67. The molecule has 9 N–H and O–H groups in total. The second-order valence-electron chi connectivity index (χ2n) is 18.5. The lowest BCUT2D eigenvalue weighted by molar-refractivity contribution is -0.281. The fraction of sp³-hybridized carbons (Fsp3) is 0.418. The molecule has 22 nitrogen and oxygen atoms in total. The third-order valence-corrected chi connectivity index (χ3v) is 12.9. The number of hydrogen-bond acceptors (Lipinski definition) is 18. The van der Waals surface area contributed by atoms with Crippen molar-refractivity contribution >= 4 is 24.4 Å². The van der Waals surface area contributed by atoms with Crippen LogP contribution in [-0.4, -0.2) is 145 Å². The van der Waals surface area contributed by atoms with Gasteiger partial charge in [-0.3, -0.25) is 0 Å². The monoisotopic (exact) mass is 1070 g/mol. The maximum atomic E-state index is 13.6. The largest absolute Gasteiger partial charge is 0.445 e. The molecule has 14 atom stereocenters. The normalized spacial score (nSPS) is 28.6. The summed E-state index contributed by atoms with van der Waals surface area (Å²) < 4.78 is 59.7. The first-order chi connectivity index (χ1) is 37.5. The Morgan fingerprint density at radius 2 is 1.01 bits per heavy atom. The Bertz CT molecular complexity index is 2540. The molecule has 3 heterocycles. The fourth-order valence-corrected chi connectivity index (χ4v) is 8.88. The molecular formula is C55H65N5O17. The molecule has 0 bridgehead atoms. The van der Waals surface area contributed by atoms with Crippen LogP contribution in [0.25, 0.3) is 0 Å². The van der Waals surface area contributed by atoms with E-state index in [2.05, 4.69) is 21.3 Å². The zero-order valence-corrected chi connectivity index (χ0v) is 41.9. The maximum Gasteiger partial charge on any atom is 0.408 e. The lowest BCUT2D eigenvalue weighted by atomic mass is 9.84. The minimum absolute atomic E-state index is 0.0113. The van der Waals surface area contributed by atoms with E-state index in [1.54, 1.807) is 72.8 Å². The van der Waals surface area contributed by atoms with Crippen LogP contribution in [0.5, 0.6) is 0 Å². The topological polar surface area (TPSA) is 295 Å². The Hall–Kier alpha value is -6.96. The molecule has 412 valence electrons. The van der Waals surface area contributed by atoms with Crippen LogP contribution in [0.4, 0.5) is 19.2 Å². The summed E-state index contributed by atoms with van der Waals surface area (Å²) in [5, 5.41) is 45.2. The van der Waals surface area contributed by atoms with Gasteiger partial charge in [0.25, 0.3) is 0 Å². The van der Waals surface area contributed by atoms with E-state index in [9.17, 15) is 34.5 Å². The zero-order chi connectivity index (χ0) is 53.9. The van der Waals surface area contributed by atoms with Gasteiger partial charge in [-0.2, -0.15) is 0 Å². The van der Waals surface area contributed by atoms with Crippen LogP contribution in [0.2, 0.25) is 0 Å².